The standard InChI is InChI=1S/C21H26N2O/c22-12-19-11-18(10-16-4-1-2-6-20(16)19)21(24)17-5-3-9-23(14-17)13-15-7-8-15/h1-2,4,6,10-11,15,17H,3,5,7-9,12-14,22H2. The fourth-order valence-corrected chi connectivity index (χ4v) is 4.04. The number of benzene rings is 2. The number of hydrogen-bond acceptors (Lipinski definition) is 3. The number of fused-ring (bicyclic) bond motifs is 1. The van der Waals surface area contributed by atoms with Gasteiger partial charge >= 0.3 is 0 Å². The maximum Gasteiger partial charge on any atom is 0.167 e. The van der Waals surface area contributed by atoms with Crippen molar-refractivity contribution in [2.75, 3.05) is 19.6 Å². The number of carbonyl (C=O) groups excluding carboxylic acids is 1. The lowest BCUT2D eigenvalue weighted by Crippen LogP contribution is -2.39. The number of likely N-dealkylation sites (tertiary alicyclic amines) is 1. The first-order valence-corrected chi connectivity index (χ1v) is 9.23. The van der Waals surface area contributed by atoms with Crippen LogP contribution in [0.4, 0.5) is 0 Å². The van der Waals surface area contributed by atoms with Crippen molar-refractivity contribution in [3.63, 3.8) is 0 Å². The van der Waals surface area contributed by atoms with E-state index in [1.54, 1.807) is 0 Å². The van der Waals surface area contributed by atoms with Crippen molar-refractivity contribution >= 4 is 16.6 Å². The van der Waals surface area contributed by atoms with Crippen molar-refractivity contribution in [2.45, 2.75) is 32.2 Å². The van der Waals surface area contributed by atoms with E-state index < -0.39 is 0 Å². The molecule has 1 aliphatic heterocycles. The summed E-state index contributed by atoms with van der Waals surface area (Å²) in [6, 6.07) is 12.3. The van der Waals surface area contributed by atoms with E-state index in [4.69, 9.17) is 5.73 Å². The summed E-state index contributed by atoms with van der Waals surface area (Å²) >= 11 is 0. The van der Waals surface area contributed by atoms with Crippen molar-refractivity contribution in [3.05, 3.63) is 47.5 Å². The third kappa shape index (κ3) is 3.24. The Bertz CT molecular complexity index is 751. The molecular formula is C21H26N2O. The zero-order valence-corrected chi connectivity index (χ0v) is 14.2. The van der Waals surface area contributed by atoms with Crippen LogP contribution in [0.1, 0.15) is 41.6 Å². The van der Waals surface area contributed by atoms with Crippen molar-refractivity contribution in [1.29, 1.82) is 0 Å². The maximum absolute atomic E-state index is 13.1. The van der Waals surface area contributed by atoms with Gasteiger partial charge in [0.05, 0.1) is 0 Å². The monoisotopic (exact) mass is 322 g/mol. The van der Waals surface area contributed by atoms with Gasteiger partial charge in [-0.25, -0.2) is 0 Å². The molecule has 0 amide bonds. The summed E-state index contributed by atoms with van der Waals surface area (Å²) in [5.74, 6) is 1.34. The van der Waals surface area contributed by atoms with Crippen LogP contribution in [0.3, 0.4) is 0 Å². The van der Waals surface area contributed by atoms with Gasteiger partial charge in [-0.1, -0.05) is 24.3 Å². The quantitative estimate of drug-likeness (QED) is 0.856. The van der Waals surface area contributed by atoms with E-state index in [0.29, 0.717) is 12.3 Å². The second kappa shape index (κ2) is 6.66. The molecule has 4 rings (SSSR count). The summed E-state index contributed by atoms with van der Waals surface area (Å²) in [6.07, 6.45) is 4.91. The van der Waals surface area contributed by atoms with Crippen LogP contribution in [0.2, 0.25) is 0 Å². The molecule has 1 saturated heterocycles. The molecule has 2 N–H and O–H groups in total. The van der Waals surface area contributed by atoms with Gasteiger partial charge in [0, 0.05) is 31.1 Å². The molecule has 2 aliphatic rings. The first kappa shape index (κ1) is 15.8. The minimum atomic E-state index is 0.143. The molecule has 0 bridgehead atoms. The molecule has 2 aromatic rings. The molecule has 2 fully saturated rings. The average Bonchev–Trinajstić information content (AvgIpc) is 3.44. The zero-order valence-electron chi connectivity index (χ0n) is 14.2. The highest BCUT2D eigenvalue weighted by atomic mass is 16.1. The Morgan fingerprint density at radius 3 is 2.79 bits per heavy atom. The van der Waals surface area contributed by atoms with Gasteiger partial charge in [0.1, 0.15) is 0 Å². The molecule has 1 atom stereocenters. The van der Waals surface area contributed by atoms with E-state index in [9.17, 15) is 4.79 Å². The van der Waals surface area contributed by atoms with Crippen molar-refractivity contribution in [1.82, 2.24) is 4.90 Å². The summed E-state index contributed by atoms with van der Waals surface area (Å²) < 4.78 is 0. The predicted molar refractivity (Wildman–Crippen MR) is 98.1 cm³/mol. The third-order valence-electron chi connectivity index (χ3n) is 5.54. The minimum Gasteiger partial charge on any atom is -0.326 e. The molecule has 0 aromatic heterocycles. The molecule has 1 heterocycles. The van der Waals surface area contributed by atoms with E-state index in [0.717, 1.165) is 53.7 Å². The Balaban J connectivity index is 1.57. The smallest absolute Gasteiger partial charge is 0.167 e. The van der Waals surface area contributed by atoms with E-state index >= 15 is 0 Å². The number of piperidine rings is 1. The first-order valence-electron chi connectivity index (χ1n) is 9.23. The second-order valence-electron chi connectivity index (χ2n) is 7.47. The van der Waals surface area contributed by atoms with Crippen LogP contribution in [-0.2, 0) is 6.54 Å². The maximum atomic E-state index is 13.1. The topological polar surface area (TPSA) is 46.3 Å². The average molecular weight is 322 g/mol. The second-order valence-corrected chi connectivity index (χ2v) is 7.47. The SMILES string of the molecule is NCc1cc(C(=O)C2CCCN(CC3CC3)C2)cc2ccccc12. The summed E-state index contributed by atoms with van der Waals surface area (Å²) in [4.78, 5) is 15.6. The number of rotatable bonds is 5. The zero-order chi connectivity index (χ0) is 16.5. The first-order chi connectivity index (χ1) is 11.7. The molecule has 126 valence electrons. The van der Waals surface area contributed by atoms with Gasteiger partial charge in [-0.05, 0) is 66.6 Å². The molecule has 24 heavy (non-hydrogen) atoms. The Morgan fingerprint density at radius 2 is 2.00 bits per heavy atom. The highest BCUT2D eigenvalue weighted by molar-refractivity contribution is 6.02. The Labute approximate surface area is 143 Å². The van der Waals surface area contributed by atoms with Crippen molar-refractivity contribution < 1.29 is 4.79 Å². The largest absolute Gasteiger partial charge is 0.326 e. The molecule has 3 heteroatoms. The fourth-order valence-electron chi connectivity index (χ4n) is 4.04. The van der Waals surface area contributed by atoms with Crippen LogP contribution >= 0.6 is 0 Å². The number of nitrogens with zero attached hydrogens (tertiary/aromatic N) is 1. The van der Waals surface area contributed by atoms with Crippen LogP contribution in [-0.4, -0.2) is 30.3 Å². The van der Waals surface area contributed by atoms with E-state index in [-0.39, 0.29) is 5.92 Å². The van der Waals surface area contributed by atoms with Crippen LogP contribution in [0.25, 0.3) is 10.8 Å². The fraction of sp³-hybridized carbons (Fsp3) is 0.476. The predicted octanol–water partition coefficient (Wildman–Crippen LogP) is 3.60. The normalized spacial score (nSPS) is 22.0. The van der Waals surface area contributed by atoms with Crippen molar-refractivity contribution in [2.24, 2.45) is 17.6 Å². The lowest BCUT2D eigenvalue weighted by atomic mass is 9.88. The van der Waals surface area contributed by atoms with E-state index in [1.807, 2.05) is 18.2 Å². The molecule has 1 unspecified atom stereocenters. The molecule has 0 spiro atoms. The number of hydrogen-bond donors (Lipinski definition) is 1. The lowest BCUT2D eigenvalue weighted by molar-refractivity contribution is 0.0814. The summed E-state index contributed by atoms with van der Waals surface area (Å²) in [5, 5.41) is 2.28. The Kier molecular flexibility index (Phi) is 4.38. The van der Waals surface area contributed by atoms with Gasteiger partial charge in [-0.3, -0.25) is 4.79 Å². The van der Waals surface area contributed by atoms with Crippen LogP contribution in [0.15, 0.2) is 36.4 Å². The van der Waals surface area contributed by atoms with E-state index in [2.05, 4.69) is 23.1 Å². The molecule has 0 radical (unpaired) electrons. The summed E-state index contributed by atoms with van der Waals surface area (Å²) in [7, 11) is 0. The number of carbonyl (C=O) groups is 1. The minimum absolute atomic E-state index is 0.143. The number of ketones is 1. The number of Topliss-reactive ketones (excluding diaryl/α,β-unsaturated/α-hetero) is 1. The molecule has 1 aliphatic carbocycles. The Morgan fingerprint density at radius 1 is 1.17 bits per heavy atom. The van der Waals surface area contributed by atoms with Gasteiger partial charge in [-0.2, -0.15) is 0 Å². The summed E-state index contributed by atoms with van der Waals surface area (Å²) in [5.41, 5.74) is 7.84. The molecule has 3 nitrogen and oxygen atoms in total. The van der Waals surface area contributed by atoms with Crippen LogP contribution in [0, 0.1) is 11.8 Å². The number of nitrogens with two attached hydrogens (primary N) is 1. The highest BCUT2D eigenvalue weighted by Crippen LogP contribution is 2.32. The van der Waals surface area contributed by atoms with Crippen LogP contribution in [0.5, 0.6) is 0 Å². The summed E-state index contributed by atoms with van der Waals surface area (Å²) in [6.45, 7) is 3.75. The lowest BCUT2D eigenvalue weighted by Gasteiger charge is -2.32. The van der Waals surface area contributed by atoms with Crippen LogP contribution < -0.4 is 5.73 Å². The Hall–Kier alpha value is -1.71. The molecule has 1 saturated carbocycles. The van der Waals surface area contributed by atoms with Gasteiger partial charge in [0.15, 0.2) is 5.78 Å². The van der Waals surface area contributed by atoms with Gasteiger partial charge in [0.2, 0.25) is 0 Å². The van der Waals surface area contributed by atoms with Crippen molar-refractivity contribution in [3.8, 4) is 0 Å². The van der Waals surface area contributed by atoms with E-state index in [1.165, 1.54) is 19.4 Å². The van der Waals surface area contributed by atoms with Gasteiger partial charge in [-0.15, -0.1) is 0 Å². The highest BCUT2D eigenvalue weighted by Gasteiger charge is 2.30. The molecular weight excluding hydrogens is 296 g/mol. The van der Waals surface area contributed by atoms with Gasteiger partial charge in [0.25, 0.3) is 0 Å². The third-order valence-corrected chi connectivity index (χ3v) is 5.54. The molecule has 2 aromatic carbocycles. The van der Waals surface area contributed by atoms with Gasteiger partial charge < -0.3 is 10.6 Å².